The highest BCUT2D eigenvalue weighted by atomic mass is 19.1. The molecule has 1 aliphatic rings. The maximum atomic E-state index is 13.3. The van der Waals surface area contributed by atoms with Crippen LogP contribution in [0, 0.1) is 11.6 Å². The molecule has 120 valence electrons. The number of anilines is 4. The van der Waals surface area contributed by atoms with E-state index in [1.807, 2.05) is 16.7 Å². The van der Waals surface area contributed by atoms with Gasteiger partial charge in [-0.2, -0.15) is 0 Å². The summed E-state index contributed by atoms with van der Waals surface area (Å²) in [5, 5.41) is 0. The summed E-state index contributed by atoms with van der Waals surface area (Å²) in [6.45, 7) is 2.00. The third-order valence-corrected chi connectivity index (χ3v) is 4.07. The van der Waals surface area contributed by atoms with Gasteiger partial charge in [0.2, 0.25) is 0 Å². The molecular formula is C18H14F2N4. The van der Waals surface area contributed by atoms with E-state index in [9.17, 15) is 8.78 Å². The highest BCUT2D eigenvalue weighted by molar-refractivity contribution is 5.82. The lowest BCUT2D eigenvalue weighted by Gasteiger charge is -2.29. The molecule has 0 atom stereocenters. The Morgan fingerprint density at radius 1 is 0.708 bits per heavy atom. The van der Waals surface area contributed by atoms with Crippen molar-refractivity contribution in [1.29, 1.82) is 0 Å². The zero-order valence-electron chi connectivity index (χ0n) is 12.9. The molecule has 0 radical (unpaired) electrons. The highest BCUT2D eigenvalue weighted by Gasteiger charge is 2.37. The van der Waals surface area contributed by atoms with Gasteiger partial charge in [0.15, 0.2) is 11.6 Å². The molecule has 0 fully saturated rings. The van der Waals surface area contributed by atoms with Crippen molar-refractivity contribution in [2.24, 2.45) is 0 Å². The molecule has 1 aliphatic heterocycles. The van der Waals surface area contributed by atoms with Crippen LogP contribution in [0.25, 0.3) is 0 Å². The van der Waals surface area contributed by atoms with Gasteiger partial charge in [-0.25, -0.2) is 18.7 Å². The van der Waals surface area contributed by atoms with Crippen molar-refractivity contribution < 1.29 is 8.78 Å². The van der Waals surface area contributed by atoms with E-state index >= 15 is 0 Å². The number of hydrogen-bond acceptors (Lipinski definition) is 4. The molecule has 0 unspecified atom stereocenters. The second-order valence-corrected chi connectivity index (χ2v) is 5.53. The summed E-state index contributed by atoms with van der Waals surface area (Å²) >= 11 is 0. The fraction of sp³-hybridized carbons (Fsp3) is 0.111. The van der Waals surface area contributed by atoms with Crippen LogP contribution >= 0.6 is 0 Å². The predicted molar refractivity (Wildman–Crippen MR) is 88.6 cm³/mol. The number of hydrogen-bond donors (Lipinski definition) is 0. The normalized spacial score (nSPS) is 14.1. The molecule has 0 saturated heterocycles. The first kappa shape index (κ1) is 14.6. The van der Waals surface area contributed by atoms with Crippen molar-refractivity contribution in [2.45, 2.75) is 13.1 Å². The average Bonchev–Trinajstić information content (AvgIpc) is 2.89. The van der Waals surface area contributed by atoms with E-state index in [0.717, 1.165) is 11.4 Å². The Hall–Kier alpha value is -3.02. The van der Waals surface area contributed by atoms with Gasteiger partial charge in [-0.05, 0) is 55.5 Å². The number of rotatable bonds is 2. The largest absolute Gasteiger partial charge is 0.302 e. The lowest BCUT2D eigenvalue weighted by molar-refractivity contribution is 0.627. The average molecular weight is 324 g/mol. The first-order valence-electron chi connectivity index (χ1n) is 7.56. The van der Waals surface area contributed by atoms with Gasteiger partial charge in [0.25, 0.3) is 0 Å². The topological polar surface area (TPSA) is 32.3 Å². The summed E-state index contributed by atoms with van der Waals surface area (Å²) in [4.78, 5) is 12.8. The Labute approximate surface area is 138 Å². The van der Waals surface area contributed by atoms with Crippen LogP contribution < -0.4 is 9.80 Å². The molecular weight excluding hydrogens is 310 g/mol. The summed E-state index contributed by atoms with van der Waals surface area (Å²) in [6, 6.07) is 12.5. The number of aromatic nitrogens is 2. The van der Waals surface area contributed by atoms with Crippen LogP contribution in [0.1, 0.15) is 6.92 Å². The molecule has 4 rings (SSSR count). The SMILES string of the molecule is CC1N(c2ccc(F)cc2)c2nccnc2N1c1ccc(F)cc1. The van der Waals surface area contributed by atoms with Crippen molar-refractivity contribution in [1.82, 2.24) is 9.97 Å². The summed E-state index contributed by atoms with van der Waals surface area (Å²) < 4.78 is 26.5. The molecule has 4 nitrogen and oxygen atoms in total. The lowest BCUT2D eigenvalue weighted by Crippen LogP contribution is -2.35. The first-order chi connectivity index (χ1) is 11.6. The molecule has 2 aromatic carbocycles. The van der Waals surface area contributed by atoms with Crippen LogP contribution in [0.3, 0.4) is 0 Å². The zero-order valence-corrected chi connectivity index (χ0v) is 12.9. The predicted octanol–water partition coefficient (Wildman–Crippen LogP) is 4.39. The summed E-state index contributed by atoms with van der Waals surface area (Å²) in [5.74, 6) is 0.780. The molecule has 1 aromatic heterocycles. The molecule has 0 amide bonds. The second kappa shape index (κ2) is 5.56. The van der Waals surface area contributed by atoms with Gasteiger partial charge in [-0.3, -0.25) is 0 Å². The van der Waals surface area contributed by atoms with Crippen LogP contribution in [-0.2, 0) is 0 Å². The van der Waals surface area contributed by atoms with Crippen molar-refractivity contribution >= 4 is 23.0 Å². The third-order valence-electron chi connectivity index (χ3n) is 4.07. The first-order valence-corrected chi connectivity index (χ1v) is 7.56. The number of fused-ring (bicyclic) bond motifs is 1. The molecule has 0 spiro atoms. The summed E-state index contributed by atoms with van der Waals surface area (Å²) in [6.07, 6.45) is 3.10. The molecule has 24 heavy (non-hydrogen) atoms. The van der Waals surface area contributed by atoms with Crippen LogP contribution in [-0.4, -0.2) is 16.1 Å². The number of nitrogens with zero attached hydrogens (tertiary/aromatic N) is 4. The van der Waals surface area contributed by atoms with Gasteiger partial charge in [-0.1, -0.05) is 0 Å². The van der Waals surface area contributed by atoms with E-state index in [1.165, 1.54) is 24.3 Å². The Kier molecular flexibility index (Phi) is 3.37. The van der Waals surface area contributed by atoms with Crippen LogP contribution in [0.4, 0.5) is 31.8 Å². The molecule has 0 saturated carbocycles. The molecule has 3 aromatic rings. The Morgan fingerprint density at radius 3 is 1.46 bits per heavy atom. The van der Waals surface area contributed by atoms with Gasteiger partial charge in [-0.15, -0.1) is 0 Å². The van der Waals surface area contributed by atoms with Crippen molar-refractivity contribution in [2.75, 3.05) is 9.80 Å². The number of benzene rings is 2. The highest BCUT2D eigenvalue weighted by Crippen LogP contribution is 2.44. The molecule has 0 bridgehead atoms. The van der Waals surface area contributed by atoms with Crippen molar-refractivity contribution in [3.63, 3.8) is 0 Å². The zero-order chi connectivity index (χ0) is 16.7. The van der Waals surface area contributed by atoms with Gasteiger partial charge >= 0.3 is 0 Å². The minimum atomic E-state index is -0.291. The fourth-order valence-corrected chi connectivity index (χ4v) is 3.01. The Bertz CT molecular complexity index is 792. The summed E-state index contributed by atoms with van der Waals surface area (Å²) in [5.41, 5.74) is 1.63. The summed E-state index contributed by atoms with van der Waals surface area (Å²) in [7, 11) is 0. The maximum Gasteiger partial charge on any atom is 0.178 e. The standard InChI is InChI=1S/C18H14F2N4/c1-12-23(15-6-2-13(19)3-7-15)17-18(22-11-10-21-17)24(12)16-8-4-14(20)5-9-16/h2-12H,1H3. The van der Waals surface area contributed by atoms with E-state index in [-0.39, 0.29) is 17.8 Å². The monoisotopic (exact) mass is 324 g/mol. The van der Waals surface area contributed by atoms with Gasteiger partial charge < -0.3 is 9.80 Å². The quantitative estimate of drug-likeness (QED) is 0.700. The van der Waals surface area contributed by atoms with Gasteiger partial charge in [0.1, 0.15) is 17.8 Å². The van der Waals surface area contributed by atoms with Crippen molar-refractivity contribution in [3.05, 3.63) is 72.6 Å². The van der Waals surface area contributed by atoms with E-state index in [1.54, 1.807) is 36.7 Å². The Morgan fingerprint density at radius 2 is 1.08 bits per heavy atom. The Balaban J connectivity index is 1.83. The van der Waals surface area contributed by atoms with Crippen LogP contribution in [0.5, 0.6) is 0 Å². The van der Waals surface area contributed by atoms with E-state index in [0.29, 0.717) is 11.6 Å². The molecule has 6 heteroatoms. The van der Waals surface area contributed by atoms with E-state index in [4.69, 9.17) is 0 Å². The van der Waals surface area contributed by atoms with Crippen LogP contribution in [0.2, 0.25) is 0 Å². The maximum absolute atomic E-state index is 13.3. The van der Waals surface area contributed by atoms with Crippen LogP contribution in [0.15, 0.2) is 60.9 Å². The minimum absolute atomic E-state index is 0.140. The van der Waals surface area contributed by atoms with E-state index < -0.39 is 0 Å². The van der Waals surface area contributed by atoms with Crippen molar-refractivity contribution in [3.8, 4) is 0 Å². The molecule has 0 N–H and O–H groups in total. The lowest BCUT2D eigenvalue weighted by atomic mass is 10.2. The smallest absolute Gasteiger partial charge is 0.178 e. The number of halogens is 2. The van der Waals surface area contributed by atoms with E-state index in [2.05, 4.69) is 9.97 Å². The fourth-order valence-electron chi connectivity index (χ4n) is 3.01. The van der Waals surface area contributed by atoms with Gasteiger partial charge in [0.05, 0.1) is 0 Å². The molecule has 2 heterocycles. The minimum Gasteiger partial charge on any atom is -0.302 e. The third kappa shape index (κ3) is 2.27. The van der Waals surface area contributed by atoms with Gasteiger partial charge in [0, 0.05) is 23.8 Å². The molecule has 0 aliphatic carbocycles. The second-order valence-electron chi connectivity index (χ2n) is 5.53.